The molecule has 0 radical (unpaired) electrons. The third kappa shape index (κ3) is 6.54. The van der Waals surface area contributed by atoms with Crippen molar-refractivity contribution in [3.05, 3.63) is 89.4 Å². The second-order valence-corrected chi connectivity index (χ2v) is 8.19. The minimum absolute atomic E-state index is 0.328. The normalized spacial score (nSPS) is 17.4. The number of allylic oxidation sites excluding steroid dienone is 5. The highest BCUT2D eigenvalue weighted by atomic mass is 35.5. The highest BCUT2D eigenvalue weighted by Gasteiger charge is 2.30. The van der Waals surface area contributed by atoms with Crippen LogP contribution in [0.4, 0.5) is 8.78 Å². The summed E-state index contributed by atoms with van der Waals surface area (Å²) in [5.41, 5.74) is 9.73. The van der Waals surface area contributed by atoms with Crippen LogP contribution in [-0.4, -0.2) is 39.4 Å². The Hall–Kier alpha value is -3.59. The summed E-state index contributed by atoms with van der Waals surface area (Å²) in [5.74, 6) is -0.0169. The van der Waals surface area contributed by atoms with Gasteiger partial charge in [-0.1, -0.05) is 30.3 Å². The molecule has 2 aromatic rings. The van der Waals surface area contributed by atoms with Crippen molar-refractivity contribution in [1.82, 2.24) is 14.8 Å². The molecule has 0 saturated heterocycles. The topological polar surface area (TPSA) is 90.7 Å². The minimum Gasteiger partial charge on any atom is -0.492 e. The summed E-state index contributed by atoms with van der Waals surface area (Å²) >= 11 is 5.75. The Kier molecular flexibility index (Phi) is 9.69. The molecule has 1 unspecified atom stereocenters. The van der Waals surface area contributed by atoms with Gasteiger partial charge in [-0.25, -0.2) is 23.4 Å². The molecule has 1 aromatic heterocycles. The molecule has 0 aliphatic heterocycles. The summed E-state index contributed by atoms with van der Waals surface area (Å²) in [6, 6.07) is 3.53. The Balaban J connectivity index is 1.65. The zero-order valence-electron chi connectivity index (χ0n) is 20.3. The van der Waals surface area contributed by atoms with E-state index >= 15 is 0 Å². The average Bonchev–Trinajstić information content (AvgIpc) is 3.47. The second kappa shape index (κ2) is 12.9. The molecule has 1 aliphatic carbocycles. The Morgan fingerprint density at radius 1 is 1.39 bits per heavy atom. The number of aromatic nitrogens is 3. The Morgan fingerprint density at radius 3 is 2.83 bits per heavy atom. The monoisotopic (exact) mass is 514 g/mol. The lowest BCUT2D eigenvalue weighted by molar-refractivity contribution is 0.222. The van der Waals surface area contributed by atoms with Gasteiger partial charge in [0, 0.05) is 30.5 Å². The van der Waals surface area contributed by atoms with Crippen molar-refractivity contribution >= 4 is 28.8 Å². The molecule has 0 saturated carbocycles. The number of hydrogen-bond acceptors (Lipinski definition) is 5. The van der Waals surface area contributed by atoms with E-state index in [0.29, 0.717) is 66.7 Å². The molecule has 0 spiro atoms. The molecule has 0 bridgehead atoms. The van der Waals surface area contributed by atoms with E-state index in [9.17, 15) is 8.78 Å². The third-order valence-corrected chi connectivity index (χ3v) is 5.74. The molecule has 1 aromatic carbocycles. The Labute approximate surface area is 214 Å². The highest BCUT2D eigenvalue weighted by Crippen LogP contribution is 2.41. The van der Waals surface area contributed by atoms with Crippen molar-refractivity contribution in [2.45, 2.75) is 39.0 Å². The van der Waals surface area contributed by atoms with E-state index in [-0.39, 0.29) is 5.92 Å². The van der Waals surface area contributed by atoms with E-state index in [2.05, 4.69) is 26.6 Å². The van der Waals surface area contributed by atoms with Crippen LogP contribution in [-0.2, 0) is 4.74 Å². The number of ether oxygens (including phenoxy) is 1. The molecule has 190 valence electrons. The molecule has 7 nitrogen and oxygen atoms in total. The summed E-state index contributed by atoms with van der Waals surface area (Å²) in [7, 11) is 0. The van der Waals surface area contributed by atoms with Gasteiger partial charge in [-0.15, -0.1) is 0 Å². The number of nitrogens with two attached hydrogens (primary N) is 1. The van der Waals surface area contributed by atoms with Gasteiger partial charge in [0.2, 0.25) is 0 Å². The average molecular weight is 515 g/mol. The first-order valence-electron chi connectivity index (χ1n) is 11.5. The number of aryl methyl sites for hydroxylation is 1. The smallest absolute Gasteiger partial charge is 0.147 e. The quantitative estimate of drug-likeness (QED) is 0.138. The molecule has 1 atom stereocenters. The van der Waals surface area contributed by atoms with Gasteiger partial charge >= 0.3 is 0 Å². The molecule has 0 fully saturated rings. The molecule has 1 heterocycles. The van der Waals surface area contributed by atoms with E-state index in [4.69, 9.17) is 22.1 Å². The molecule has 36 heavy (non-hydrogen) atoms. The van der Waals surface area contributed by atoms with Gasteiger partial charge in [-0.05, 0) is 50.5 Å². The lowest BCUT2D eigenvalue weighted by atomic mass is 9.96. The second-order valence-electron chi connectivity index (χ2n) is 7.99. The molecule has 2 N–H and O–H groups in total. The predicted octanol–water partition coefficient (Wildman–Crippen LogP) is 5.66. The summed E-state index contributed by atoms with van der Waals surface area (Å²) in [5, 5.41) is 4.33. The fourth-order valence-corrected chi connectivity index (χ4v) is 4.13. The summed E-state index contributed by atoms with van der Waals surface area (Å²) < 4.78 is 35.3. The molecule has 1 aliphatic rings. The number of rotatable bonds is 11. The van der Waals surface area contributed by atoms with Gasteiger partial charge in [-0.3, -0.25) is 4.99 Å². The number of amidine groups is 1. The van der Waals surface area contributed by atoms with E-state index in [1.807, 2.05) is 19.9 Å². The van der Waals surface area contributed by atoms with Crippen LogP contribution >= 0.6 is 11.6 Å². The predicted molar refractivity (Wildman–Crippen MR) is 140 cm³/mol. The lowest BCUT2D eigenvalue weighted by Crippen LogP contribution is -2.16. The molecule has 10 heteroatoms. The van der Waals surface area contributed by atoms with E-state index in [1.54, 1.807) is 23.2 Å². The summed E-state index contributed by atoms with van der Waals surface area (Å²) in [6.45, 7) is 8.25. The maximum Gasteiger partial charge on any atom is 0.147 e. The lowest BCUT2D eigenvalue weighted by Gasteiger charge is -2.14. The van der Waals surface area contributed by atoms with Gasteiger partial charge in [0.1, 0.15) is 41.1 Å². The van der Waals surface area contributed by atoms with Crippen LogP contribution in [0.2, 0.25) is 0 Å². The standard InChI is InChI=1S/C26H29ClF2N6O/c1-4-7-23(35-16-33-17(3)34-35)24(5-2)36-13-6-12-31-26(30)21-11-10-20(25(21)32-15-27)19-9-8-18(28)14-22(19)29/h4-5,7-9,14-16,20H,1,6,10-13H2,2-3H3,(H2,30,31)/b23-7+,24-5+,32-15?. The molecule has 0 amide bonds. The summed E-state index contributed by atoms with van der Waals surface area (Å²) in [6.07, 6.45) is 8.66. The van der Waals surface area contributed by atoms with Crippen molar-refractivity contribution in [2.24, 2.45) is 15.7 Å². The highest BCUT2D eigenvalue weighted by molar-refractivity contribution is 6.56. The fraction of sp³-hybridized carbons (Fsp3) is 0.308. The number of hydrogen-bond donors (Lipinski definition) is 1. The first-order valence-corrected chi connectivity index (χ1v) is 11.9. The Morgan fingerprint density at radius 2 is 2.19 bits per heavy atom. The largest absolute Gasteiger partial charge is 0.492 e. The van der Waals surface area contributed by atoms with Crippen molar-refractivity contribution in [1.29, 1.82) is 0 Å². The summed E-state index contributed by atoms with van der Waals surface area (Å²) in [4.78, 5) is 12.9. The van der Waals surface area contributed by atoms with Crippen molar-refractivity contribution < 1.29 is 13.5 Å². The van der Waals surface area contributed by atoms with Gasteiger partial charge < -0.3 is 10.5 Å². The first-order chi connectivity index (χ1) is 17.4. The van der Waals surface area contributed by atoms with Crippen molar-refractivity contribution in [3.8, 4) is 0 Å². The van der Waals surface area contributed by atoms with Crippen LogP contribution in [0, 0.1) is 18.6 Å². The van der Waals surface area contributed by atoms with Crippen LogP contribution in [0.25, 0.3) is 5.70 Å². The number of aliphatic imine (C=N–C) groups is 2. The minimum atomic E-state index is -0.631. The maximum atomic E-state index is 14.4. The van der Waals surface area contributed by atoms with Crippen LogP contribution in [0.15, 0.2) is 76.3 Å². The molecular formula is C26H29ClF2N6O. The third-order valence-electron chi connectivity index (χ3n) is 5.64. The Bertz CT molecular complexity index is 1240. The zero-order valence-corrected chi connectivity index (χ0v) is 21.1. The maximum absolute atomic E-state index is 14.4. The van der Waals surface area contributed by atoms with Crippen molar-refractivity contribution in [3.63, 3.8) is 0 Å². The van der Waals surface area contributed by atoms with Gasteiger partial charge in [0.15, 0.2) is 0 Å². The number of nitrogens with zero attached hydrogens (tertiary/aromatic N) is 5. The van der Waals surface area contributed by atoms with Crippen LogP contribution in [0.5, 0.6) is 0 Å². The number of halogens is 3. The van der Waals surface area contributed by atoms with Gasteiger partial charge in [0.05, 0.1) is 18.0 Å². The van der Waals surface area contributed by atoms with E-state index in [0.717, 1.165) is 17.4 Å². The van der Waals surface area contributed by atoms with Gasteiger partial charge in [0.25, 0.3) is 0 Å². The molecular weight excluding hydrogens is 486 g/mol. The van der Waals surface area contributed by atoms with Crippen LogP contribution in [0.1, 0.15) is 43.5 Å². The van der Waals surface area contributed by atoms with Crippen LogP contribution < -0.4 is 5.73 Å². The fourth-order valence-electron chi connectivity index (χ4n) is 4.02. The van der Waals surface area contributed by atoms with Crippen LogP contribution in [0.3, 0.4) is 0 Å². The van der Waals surface area contributed by atoms with Gasteiger partial charge in [-0.2, -0.15) is 5.10 Å². The number of benzene rings is 1. The first kappa shape index (κ1) is 27.0. The SMILES string of the molecule is C=C/C=C(\C(=C/C)OCCCN=C(N)C1=C(N=CCl)C(c2ccc(F)cc2F)CC1)n1cnc(C)n1. The van der Waals surface area contributed by atoms with E-state index in [1.165, 1.54) is 12.1 Å². The molecule has 3 rings (SSSR count). The van der Waals surface area contributed by atoms with Crippen molar-refractivity contribution in [2.75, 3.05) is 13.2 Å². The zero-order chi connectivity index (χ0) is 26.1. The van der Waals surface area contributed by atoms with E-state index < -0.39 is 11.6 Å².